The van der Waals surface area contributed by atoms with E-state index in [0.717, 1.165) is 37.5 Å². The molecule has 0 spiro atoms. The third-order valence-electron chi connectivity index (χ3n) is 6.05. The van der Waals surface area contributed by atoms with Crippen LogP contribution in [-0.4, -0.2) is 82.9 Å². The van der Waals surface area contributed by atoms with Gasteiger partial charge >= 0.3 is 17.9 Å². The first-order chi connectivity index (χ1) is 18.4. The zero-order valence-corrected chi connectivity index (χ0v) is 21.7. The molecule has 0 radical (unpaired) electrons. The predicted octanol–water partition coefficient (Wildman–Crippen LogP) is 2.63. The van der Waals surface area contributed by atoms with Crippen molar-refractivity contribution in [1.29, 1.82) is 0 Å². The highest BCUT2D eigenvalue weighted by Gasteiger charge is 2.40. The topological polar surface area (TPSA) is 196 Å². The Kier molecular flexibility index (Phi) is 11.1. The molecule has 4 N–H and O–H groups in total. The normalized spacial score (nSPS) is 11.2. The maximum Gasteiger partial charge on any atom is 0.336 e. The Hall–Kier alpha value is -4.36. The van der Waals surface area contributed by atoms with Crippen LogP contribution in [0.1, 0.15) is 38.1 Å². The van der Waals surface area contributed by atoms with Gasteiger partial charge in [-0.1, -0.05) is 44.2 Å². The first kappa shape index (κ1) is 30.9. The SMILES string of the molecule is CCN(CC)CCn1c(Cc2ccccc2)nc2cc([N+](=O)[O-])ccc21.O=C(O)CC(O)(CC(=O)O)C(=O)O. The number of hydrogen-bond donors (Lipinski definition) is 4. The summed E-state index contributed by atoms with van der Waals surface area (Å²) in [5.74, 6) is -4.08. The van der Waals surface area contributed by atoms with Crippen molar-refractivity contribution in [2.75, 3.05) is 19.6 Å². The number of aliphatic hydroxyl groups is 1. The Bertz CT molecular complexity index is 1290. The van der Waals surface area contributed by atoms with Gasteiger partial charge in [-0.25, -0.2) is 9.78 Å². The number of hydrogen-bond acceptors (Lipinski definition) is 8. The van der Waals surface area contributed by atoms with Crippen molar-refractivity contribution in [2.45, 2.75) is 45.3 Å². The van der Waals surface area contributed by atoms with Crippen molar-refractivity contribution in [1.82, 2.24) is 14.5 Å². The lowest BCUT2D eigenvalue weighted by Gasteiger charge is -2.19. The van der Waals surface area contributed by atoms with Gasteiger partial charge in [0.15, 0.2) is 5.60 Å². The van der Waals surface area contributed by atoms with Crippen LogP contribution >= 0.6 is 0 Å². The number of nitrogens with zero attached hydrogens (tertiary/aromatic N) is 4. The number of fused-ring (bicyclic) bond motifs is 1. The number of carboxylic acids is 3. The fraction of sp³-hybridized carbons (Fsp3) is 0.385. The molecule has 0 bridgehead atoms. The van der Waals surface area contributed by atoms with E-state index in [0.29, 0.717) is 11.9 Å². The summed E-state index contributed by atoms with van der Waals surface area (Å²) >= 11 is 0. The Morgan fingerprint density at radius 2 is 1.59 bits per heavy atom. The minimum absolute atomic E-state index is 0.0807. The van der Waals surface area contributed by atoms with E-state index in [2.05, 4.69) is 35.4 Å². The fourth-order valence-corrected chi connectivity index (χ4v) is 3.94. The van der Waals surface area contributed by atoms with Gasteiger partial charge in [0, 0.05) is 31.6 Å². The highest BCUT2D eigenvalue weighted by Crippen LogP contribution is 2.23. The molecule has 0 unspecified atom stereocenters. The van der Waals surface area contributed by atoms with Crippen LogP contribution in [0.5, 0.6) is 0 Å². The standard InChI is InChI=1S/C20H24N4O2.C6H8O7/c1-3-22(4-2)12-13-23-19-11-10-17(24(25)26)15-18(19)21-20(23)14-16-8-6-5-7-9-16;7-3(8)1-6(13,5(11)12)2-4(9)10/h5-11,15H,3-4,12-14H2,1-2H3;13H,1-2H2,(H,7,8)(H,9,10)(H,11,12). The Morgan fingerprint density at radius 3 is 2.08 bits per heavy atom. The number of nitro groups is 1. The molecule has 39 heavy (non-hydrogen) atoms. The summed E-state index contributed by atoms with van der Waals surface area (Å²) in [6, 6.07) is 15.1. The number of aromatic nitrogens is 2. The van der Waals surface area contributed by atoms with Gasteiger partial charge in [-0.3, -0.25) is 19.7 Å². The first-order valence-corrected chi connectivity index (χ1v) is 12.2. The number of nitro benzene ring substituents is 1. The molecule has 13 nitrogen and oxygen atoms in total. The minimum Gasteiger partial charge on any atom is -0.481 e. The molecule has 3 rings (SSSR count). The molecule has 0 saturated carbocycles. The van der Waals surface area contributed by atoms with Gasteiger partial charge in [0.25, 0.3) is 5.69 Å². The summed E-state index contributed by atoms with van der Waals surface area (Å²) in [7, 11) is 0. The number of likely N-dealkylation sites (N-methyl/N-ethyl adjacent to an activating group) is 1. The second-order valence-corrected chi connectivity index (χ2v) is 8.78. The lowest BCUT2D eigenvalue weighted by Crippen LogP contribution is -2.42. The molecular formula is C26H32N4O9. The van der Waals surface area contributed by atoms with Crippen LogP contribution in [0, 0.1) is 10.1 Å². The molecule has 0 saturated heterocycles. The lowest BCUT2D eigenvalue weighted by atomic mass is 9.96. The Balaban J connectivity index is 0.000000349. The lowest BCUT2D eigenvalue weighted by molar-refractivity contribution is -0.384. The summed E-state index contributed by atoms with van der Waals surface area (Å²) in [6.07, 6.45) is -1.58. The highest BCUT2D eigenvalue weighted by atomic mass is 16.6. The number of aliphatic carboxylic acids is 3. The number of carbonyl (C=O) groups is 3. The first-order valence-electron chi connectivity index (χ1n) is 12.2. The summed E-state index contributed by atoms with van der Waals surface area (Å²) in [5.41, 5.74) is 0.161. The second kappa shape index (κ2) is 14.0. The Morgan fingerprint density at radius 1 is 1.00 bits per heavy atom. The smallest absolute Gasteiger partial charge is 0.336 e. The highest BCUT2D eigenvalue weighted by molar-refractivity contribution is 5.88. The van der Waals surface area contributed by atoms with Gasteiger partial charge in [-0.05, 0) is 24.7 Å². The van der Waals surface area contributed by atoms with Gasteiger partial charge in [-0.2, -0.15) is 0 Å². The van der Waals surface area contributed by atoms with Gasteiger partial charge in [0.05, 0.1) is 28.8 Å². The van der Waals surface area contributed by atoms with E-state index in [9.17, 15) is 24.5 Å². The van der Waals surface area contributed by atoms with Crippen molar-refractivity contribution in [3.8, 4) is 0 Å². The van der Waals surface area contributed by atoms with Crippen LogP contribution in [0.3, 0.4) is 0 Å². The molecule has 0 aliphatic carbocycles. The molecule has 0 fully saturated rings. The van der Waals surface area contributed by atoms with E-state index in [1.807, 2.05) is 24.3 Å². The Labute approximate surface area is 224 Å². The fourth-order valence-electron chi connectivity index (χ4n) is 3.94. The number of non-ortho nitro benzene ring substituents is 1. The molecule has 2 aromatic carbocycles. The third kappa shape index (κ3) is 8.86. The maximum absolute atomic E-state index is 11.1. The van der Waals surface area contributed by atoms with Crippen LogP contribution < -0.4 is 0 Å². The van der Waals surface area contributed by atoms with Crippen LogP contribution in [0.4, 0.5) is 5.69 Å². The maximum atomic E-state index is 11.1. The van der Waals surface area contributed by atoms with E-state index in [1.165, 1.54) is 5.56 Å². The van der Waals surface area contributed by atoms with Gasteiger partial charge in [0.2, 0.25) is 0 Å². The molecule has 13 heteroatoms. The van der Waals surface area contributed by atoms with Crippen LogP contribution in [0.2, 0.25) is 0 Å². The number of benzene rings is 2. The van der Waals surface area contributed by atoms with E-state index in [-0.39, 0.29) is 10.6 Å². The van der Waals surface area contributed by atoms with Crippen LogP contribution in [0.15, 0.2) is 48.5 Å². The molecule has 3 aromatic rings. The van der Waals surface area contributed by atoms with Gasteiger partial charge in [-0.15, -0.1) is 0 Å². The van der Waals surface area contributed by atoms with E-state index in [1.54, 1.807) is 12.1 Å². The largest absolute Gasteiger partial charge is 0.481 e. The summed E-state index contributed by atoms with van der Waals surface area (Å²) in [5, 5.41) is 44.9. The molecule has 1 aromatic heterocycles. The summed E-state index contributed by atoms with van der Waals surface area (Å²) in [6.45, 7) is 8.06. The molecule has 210 valence electrons. The summed E-state index contributed by atoms with van der Waals surface area (Å²) < 4.78 is 2.20. The zero-order valence-electron chi connectivity index (χ0n) is 21.7. The van der Waals surface area contributed by atoms with Crippen molar-refractivity contribution in [3.63, 3.8) is 0 Å². The molecule has 1 heterocycles. The van der Waals surface area contributed by atoms with E-state index in [4.69, 9.17) is 25.4 Å². The zero-order chi connectivity index (χ0) is 29.2. The van der Waals surface area contributed by atoms with Crippen molar-refractivity contribution in [2.24, 2.45) is 0 Å². The van der Waals surface area contributed by atoms with Crippen LogP contribution in [0.25, 0.3) is 11.0 Å². The minimum atomic E-state index is -2.74. The monoisotopic (exact) mass is 544 g/mol. The van der Waals surface area contributed by atoms with Crippen molar-refractivity contribution in [3.05, 3.63) is 70.0 Å². The predicted molar refractivity (Wildman–Crippen MR) is 141 cm³/mol. The van der Waals surface area contributed by atoms with E-state index >= 15 is 0 Å². The quantitative estimate of drug-likeness (QED) is 0.182. The number of carboxylic acid groups (broad SMARTS) is 3. The average Bonchev–Trinajstić information content (AvgIpc) is 3.20. The number of imidazole rings is 1. The van der Waals surface area contributed by atoms with E-state index < -0.39 is 36.4 Å². The molecule has 0 atom stereocenters. The van der Waals surface area contributed by atoms with Crippen molar-refractivity contribution >= 4 is 34.6 Å². The molecule has 0 amide bonds. The van der Waals surface area contributed by atoms with Gasteiger partial charge in [0.1, 0.15) is 5.82 Å². The molecular weight excluding hydrogens is 512 g/mol. The molecule has 0 aliphatic heterocycles. The average molecular weight is 545 g/mol. The summed E-state index contributed by atoms with van der Waals surface area (Å²) in [4.78, 5) is 48.3. The third-order valence-corrected chi connectivity index (χ3v) is 6.05. The van der Waals surface area contributed by atoms with Crippen LogP contribution in [-0.2, 0) is 27.3 Å². The van der Waals surface area contributed by atoms with Gasteiger partial charge < -0.3 is 29.9 Å². The molecule has 0 aliphatic rings. The second-order valence-electron chi connectivity index (χ2n) is 8.78. The number of rotatable bonds is 13. The van der Waals surface area contributed by atoms with Crippen molar-refractivity contribution < 1.29 is 39.7 Å².